The van der Waals surface area contributed by atoms with Crippen LogP contribution in [0.3, 0.4) is 0 Å². The second-order valence-electron chi connectivity index (χ2n) is 3.90. The summed E-state index contributed by atoms with van der Waals surface area (Å²) in [6, 6.07) is 8.40. The largest absolute Gasteiger partial charge is 0.306 e. The Hall–Kier alpha value is -1.94. The molecule has 0 aliphatic carbocycles. The monoisotopic (exact) mass is 261 g/mol. The number of hydrogen-bond donors (Lipinski definition) is 1. The molecule has 5 heteroatoms. The average Bonchev–Trinajstić information content (AvgIpc) is 2.28. The smallest absolute Gasteiger partial charge is 0.256 e. The lowest BCUT2D eigenvalue weighted by atomic mass is 10.2. The lowest BCUT2D eigenvalue weighted by molar-refractivity contribution is 0.102. The van der Waals surface area contributed by atoms with Gasteiger partial charge in [0.1, 0.15) is 11.6 Å². The van der Waals surface area contributed by atoms with Crippen molar-refractivity contribution in [2.75, 3.05) is 5.32 Å². The number of aromatic nitrogens is 2. The molecule has 0 fully saturated rings. The highest BCUT2D eigenvalue weighted by Crippen LogP contribution is 2.12. The molecule has 0 bridgehead atoms. The van der Waals surface area contributed by atoms with Gasteiger partial charge in [-0.1, -0.05) is 11.6 Å². The molecule has 4 nitrogen and oxygen atoms in total. The molecule has 0 spiro atoms. The van der Waals surface area contributed by atoms with Crippen molar-refractivity contribution in [1.29, 1.82) is 0 Å². The van der Waals surface area contributed by atoms with Gasteiger partial charge in [-0.15, -0.1) is 0 Å². The van der Waals surface area contributed by atoms with Crippen LogP contribution in [-0.4, -0.2) is 15.9 Å². The fourth-order valence-electron chi connectivity index (χ4n) is 1.57. The van der Waals surface area contributed by atoms with Gasteiger partial charge in [-0.3, -0.25) is 4.79 Å². The van der Waals surface area contributed by atoms with Gasteiger partial charge in [-0.05, 0) is 38.1 Å². The van der Waals surface area contributed by atoms with Crippen LogP contribution in [0.15, 0.2) is 30.3 Å². The molecule has 18 heavy (non-hydrogen) atoms. The zero-order chi connectivity index (χ0) is 13.1. The molecule has 1 N–H and O–H groups in total. The SMILES string of the molecule is Cc1cc(NC(=O)c2ccc(Cl)cc2)nc(C)n1. The van der Waals surface area contributed by atoms with Crippen LogP contribution >= 0.6 is 11.6 Å². The maximum atomic E-state index is 11.9. The molecule has 0 saturated heterocycles. The van der Waals surface area contributed by atoms with E-state index in [0.29, 0.717) is 22.2 Å². The van der Waals surface area contributed by atoms with Crippen LogP contribution in [0.5, 0.6) is 0 Å². The van der Waals surface area contributed by atoms with E-state index in [1.54, 1.807) is 37.3 Å². The molecule has 0 aliphatic rings. The van der Waals surface area contributed by atoms with Crippen molar-refractivity contribution in [3.8, 4) is 0 Å². The zero-order valence-corrected chi connectivity index (χ0v) is 10.8. The first-order chi connectivity index (χ1) is 8.54. The van der Waals surface area contributed by atoms with Crippen LogP contribution in [0.25, 0.3) is 0 Å². The second kappa shape index (κ2) is 5.14. The minimum absolute atomic E-state index is 0.218. The third-order valence-electron chi connectivity index (χ3n) is 2.31. The van der Waals surface area contributed by atoms with Gasteiger partial charge in [0.2, 0.25) is 0 Å². The van der Waals surface area contributed by atoms with Gasteiger partial charge < -0.3 is 5.32 Å². The fraction of sp³-hybridized carbons (Fsp3) is 0.154. The number of hydrogen-bond acceptors (Lipinski definition) is 3. The molecular weight excluding hydrogens is 250 g/mol. The van der Waals surface area contributed by atoms with Crippen molar-refractivity contribution in [1.82, 2.24) is 9.97 Å². The predicted octanol–water partition coefficient (Wildman–Crippen LogP) is 3.00. The van der Waals surface area contributed by atoms with E-state index in [9.17, 15) is 4.79 Å². The van der Waals surface area contributed by atoms with Crippen LogP contribution < -0.4 is 5.32 Å². The molecular formula is C13H12ClN3O. The Labute approximate surface area is 110 Å². The molecule has 0 aliphatic heterocycles. The molecule has 0 saturated carbocycles. The fourth-order valence-corrected chi connectivity index (χ4v) is 1.70. The molecule has 1 heterocycles. The number of carbonyl (C=O) groups is 1. The van der Waals surface area contributed by atoms with E-state index in [4.69, 9.17) is 11.6 Å². The van der Waals surface area contributed by atoms with Gasteiger partial charge in [0.25, 0.3) is 5.91 Å². The van der Waals surface area contributed by atoms with Crippen molar-refractivity contribution < 1.29 is 4.79 Å². The van der Waals surface area contributed by atoms with Crippen LogP contribution in [0.2, 0.25) is 5.02 Å². The second-order valence-corrected chi connectivity index (χ2v) is 4.34. The van der Waals surface area contributed by atoms with E-state index in [-0.39, 0.29) is 5.91 Å². The Morgan fingerprint density at radius 1 is 1.17 bits per heavy atom. The number of anilines is 1. The van der Waals surface area contributed by atoms with Crippen molar-refractivity contribution in [3.05, 3.63) is 52.4 Å². The van der Waals surface area contributed by atoms with E-state index < -0.39 is 0 Å². The lowest BCUT2D eigenvalue weighted by Gasteiger charge is -2.06. The first-order valence-corrected chi connectivity index (χ1v) is 5.81. The Bertz CT molecular complexity index is 561. The summed E-state index contributed by atoms with van der Waals surface area (Å²) >= 11 is 5.77. The lowest BCUT2D eigenvalue weighted by Crippen LogP contribution is -2.13. The van der Waals surface area contributed by atoms with Crippen molar-refractivity contribution in [2.45, 2.75) is 13.8 Å². The number of nitrogens with zero attached hydrogens (tertiary/aromatic N) is 2. The van der Waals surface area contributed by atoms with Gasteiger partial charge in [0.15, 0.2) is 0 Å². The Morgan fingerprint density at radius 2 is 1.83 bits per heavy atom. The van der Waals surface area contributed by atoms with Crippen molar-refractivity contribution in [3.63, 3.8) is 0 Å². The van der Waals surface area contributed by atoms with Crippen molar-refractivity contribution >= 4 is 23.3 Å². The Balaban J connectivity index is 2.18. The number of rotatable bonds is 2. The number of benzene rings is 1. The van der Waals surface area contributed by atoms with Crippen LogP contribution in [-0.2, 0) is 0 Å². The number of aryl methyl sites for hydroxylation is 2. The van der Waals surface area contributed by atoms with E-state index in [1.807, 2.05) is 6.92 Å². The molecule has 2 rings (SSSR count). The highest BCUT2D eigenvalue weighted by molar-refractivity contribution is 6.30. The zero-order valence-electron chi connectivity index (χ0n) is 10.1. The summed E-state index contributed by atoms with van der Waals surface area (Å²) in [5, 5.41) is 3.32. The third kappa shape index (κ3) is 3.05. The summed E-state index contributed by atoms with van der Waals surface area (Å²) in [6.45, 7) is 3.64. The topological polar surface area (TPSA) is 54.9 Å². The standard InChI is InChI=1S/C13H12ClN3O/c1-8-7-12(16-9(2)15-8)17-13(18)10-3-5-11(14)6-4-10/h3-7H,1-2H3,(H,15,16,17,18). The Morgan fingerprint density at radius 3 is 2.44 bits per heavy atom. The molecule has 2 aromatic rings. The molecule has 1 aromatic carbocycles. The van der Waals surface area contributed by atoms with E-state index >= 15 is 0 Å². The molecule has 0 unspecified atom stereocenters. The highest BCUT2D eigenvalue weighted by Gasteiger charge is 2.07. The highest BCUT2D eigenvalue weighted by atomic mass is 35.5. The number of amides is 1. The average molecular weight is 262 g/mol. The van der Waals surface area contributed by atoms with Gasteiger partial charge >= 0.3 is 0 Å². The maximum absolute atomic E-state index is 11.9. The first kappa shape index (κ1) is 12.5. The Kier molecular flexibility index (Phi) is 3.58. The maximum Gasteiger partial charge on any atom is 0.256 e. The van der Waals surface area contributed by atoms with Gasteiger partial charge in [-0.2, -0.15) is 0 Å². The normalized spacial score (nSPS) is 10.2. The third-order valence-corrected chi connectivity index (χ3v) is 2.57. The van der Waals surface area contributed by atoms with Gasteiger partial charge in [-0.25, -0.2) is 9.97 Å². The van der Waals surface area contributed by atoms with E-state index in [2.05, 4.69) is 15.3 Å². The van der Waals surface area contributed by atoms with Gasteiger partial charge in [0, 0.05) is 22.3 Å². The summed E-state index contributed by atoms with van der Waals surface area (Å²) in [7, 11) is 0. The summed E-state index contributed by atoms with van der Waals surface area (Å²) < 4.78 is 0. The van der Waals surface area contributed by atoms with Crippen LogP contribution in [0.1, 0.15) is 21.9 Å². The number of halogens is 1. The van der Waals surface area contributed by atoms with Crippen molar-refractivity contribution in [2.24, 2.45) is 0 Å². The van der Waals surface area contributed by atoms with Crippen LogP contribution in [0.4, 0.5) is 5.82 Å². The summed E-state index contributed by atoms with van der Waals surface area (Å²) in [5.74, 6) is 0.908. The summed E-state index contributed by atoms with van der Waals surface area (Å²) in [4.78, 5) is 20.2. The molecule has 1 aromatic heterocycles. The van der Waals surface area contributed by atoms with E-state index in [0.717, 1.165) is 5.69 Å². The predicted molar refractivity (Wildman–Crippen MR) is 70.9 cm³/mol. The molecule has 92 valence electrons. The minimum atomic E-state index is -0.218. The number of carbonyl (C=O) groups excluding carboxylic acids is 1. The number of nitrogens with one attached hydrogen (secondary N) is 1. The quantitative estimate of drug-likeness (QED) is 0.904. The molecule has 1 amide bonds. The molecule has 0 radical (unpaired) electrons. The summed E-state index contributed by atoms with van der Waals surface area (Å²) in [5.41, 5.74) is 1.35. The van der Waals surface area contributed by atoms with Gasteiger partial charge in [0.05, 0.1) is 0 Å². The van der Waals surface area contributed by atoms with Crippen LogP contribution in [0, 0.1) is 13.8 Å². The minimum Gasteiger partial charge on any atom is -0.306 e. The van der Waals surface area contributed by atoms with E-state index in [1.165, 1.54) is 0 Å². The first-order valence-electron chi connectivity index (χ1n) is 5.44. The summed E-state index contributed by atoms with van der Waals surface area (Å²) in [6.07, 6.45) is 0. The molecule has 0 atom stereocenters.